The number of nitrogens with zero attached hydrogens (tertiary/aromatic N) is 3. The molecule has 0 saturated carbocycles. The van der Waals surface area contributed by atoms with Crippen molar-refractivity contribution in [1.82, 2.24) is 4.98 Å². The van der Waals surface area contributed by atoms with Crippen molar-refractivity contribution in [2.45, 2.75) is 52.0 Å². The Labute approximate surface area is 202 Å². The highest BCUT2D eigenvalue weighted by Gasteiger charge is 2.13. The average Bonchev–Trinajstić information content (AvgIpc) is 2.82. The van der Waals surface area contributed by atoms with Gasteiger partial charge in [-0.25, -0.2) is 9.37 Å². The van der Waals surface area contributed by atoms with Crippen molar-refractivity contribution in [3.63, 3.8) is 0 Å². The standard InChI is InChI=1S/C28H34FN5/c1-3-5-6-7-19-34(18-4-2)26-15-14-24(21-25(26)29)32-28-13-9-12-27(33-28)31-23-11-8-10-22(20-23)16-17-30/h5-6,8-15,21,23H,3-4,7,16,18-20H2,1-2H3,(H2,31,32,33). The summed E-state index contributed by atoms with van der Waals surface area (Å²) in [5, 5.41) is 15.5. The maximum atomic E-state index is 15.0. The van der Waals surface area contributed by atoms with Crippen molar-refractivity contribution in [1.29, 1.82) is 5.26 Å². The number of hydrogen-bond acceptors (Lipinski definition) is 5. The van der Waals surface area contributed by atoms with Gasteiger partial charge < -0.3 is 15.5 Å². The van der Waals surface area contributed by atoms with Gasteiger partial charge in [0.15, 0.2) is 0 Å². The molecule has 2 N–H and O–H groups in total. The third kappa shape index (κ3) is 7.48. The number of nitrogens with one attached hydrogen (secondary N) is 2. The van der Waals surface area contributed by atoms with Crippen LogP contribution in [0.4, 0.5) is 27.4 Å². The predicted octanol–water partition coefficient (Wildman–Crippen LogP) is 7.12. The van der Waals surface area contributed by atoms with E-state index in [1.54, 1.807) is 0 Å². The highest BCUT2D eigenvalue weighted by atomic mass is 19.1. The van der Waals surface area contributed by atoms with Gasteiger partial charge in [0.1, 0.15) is 17.5 Å². The molecule has 1 aliphatic carbocycles. The van der Waals surface area contributed by atoms with E-state index in [0.717, 1.165) is 50.2 Å². The zero-order chi connectivity index (χ0) is 24.2. The van der Waals surface area contributed by atoms with Gasteiger partial charge in [0.25, 0.3) is 0 Å². The smallest absolute Gasteiger partial charge is 0.148 e. The molecule has 2 aromatic rings. The van der Waals surface area contributed by atoms with Crippen LogP contribution in [0.15, 0.2) is 72.4 Å². The topological polar surface area (TPSA) is 64.0 Å². The van der Waals surface area contributed by atoms with E-state index in [0.29, 0.717) is 23.6 Å². The molecule has 3 rings (SSSR count). The lowest BCUT2D eigenvalue weighted by Crippen LogP contribution is -2.26. The molecular weight excluding hydrogens is 425 g/mol. The Kier molecular flexibility index (Phi) is 9.72. The van der Waals surface area contributed by atoms with Gasteiger partial charge in [0, 0.05) is 24.8 Å². The van der Waals surface area contributed by atoms with Crippen LogP contribution in [0.1, 0.15) is 46.0 Å². The van der Waals surface area contributed by atoms with Crippen LogP contribution in [0, 0.1) is 17.1 Å². The largest absolute Gasteiger partial charge is 0.369 e. The number of rotatable bonds is 12. The summed E-state index contributed by atoms with van der Waals surface area (Å²) in [5.74, 6) is 1.13. The molecule has 1 aromatic heterocycles. The van der Waals surface area contributed by atoms with Crippen LogP contribution in [0.3, 0.4) is 0 Å². The third-order valence-corrected chi connectivity index (χ3v) is 5.57. The molecule has 0 fully saturated rings. The first-order valence-corrected chi connectivity index (χ1v) is 12.1. The lowest BCUT2D eigenvalue weighted by molar-refractivity contribution is 0.615. The van der Waals surface area contributed by atoms with Gasteiger partial charge in [-0.15, -0.1) is 0 Å². The second-order valence-electron chi connectivity index (χ2n) is 8.35. The van der Waals surface area contributed by atoms with Gasteiger partial charge in [-0.2, -0.15) is 5.26 Å². The molecule has 1 aromatic carbocycles. The average molecular weight is 460 g/mol. The monoisotopic (exact) mass is 459 g/mol. The molecule has 5 nitrogen and oxygen atoms in total. The summed E-state index contributed by atoms with van der Waals surface area (Å²) in [6.45, 7) is 5.84. The molecule has 1 unspecified atom stereocenters. The number of halogens is 1. The molecule has 1 aliphatic rings. The van der Waals surface area contributed by atoms with E-state index < -0.39 is 0 Å². The molecule has 1 heterocycles. The molecular formula is C28H34FN5. The summed E-state index contributed by atoms with van der Waals surface area (Å²) >= 11 is 0. The number of allylic oxidation sites excluding steroid dienone is 3. The Balaban J connectivity index is 1.65. The fourth-order valence-electron chi connectivity index (χ4n) is 3.98. The van der Waals surface area contributed by atoms with Crippen molar-refractivity contribution >= 4 is 23.0 Å². The SMILES string of the molecule is CCC=CCCN(CCC)c1ccc(Nc2cccc(NC3C=CC=C(CC#N)C3)n2)cc1F. The molecule has 6 heteroatoms. The van der Waals surface area contributed by atoms with Crippen molar-refractivity contribution in [2.24, 2.45) is 0 Å². The van der Waals surface area contributed by atoms with Crippen LogP contribution in [0.25, 0.3) is 0 Å². The molecule has 0 amide bonds. The Morgan fingerprint density at radius 1 is 1.18 bits per heavy atom. The fourth-order valence-corrected chi connectivity index (χ4v) is 3.98. The highest BCUT2D eigenvalue weighted by molar-refractivity contribution is 5.62. The van der Waals surface area contributed by atoms with Crippen LogP contribution in [0.5, 0.6) is 0 Å². The summed E-state index contributed by atoms with van der Waals surface area (Å²) < 4.78 is 15.0. The van der Waals surface area contributed by atoms with Gasteiger partial charge in [0.05, 0.1) is 18.2 Å². The maximum Gasteiger partial charge on any atom is 0.148 e. The Morgan fingerprint density at radius 3 is 2.79 bits per heavy atom. The first kappa shape index (κ1) is 25.0. The lowest BCUT2D eigenvalue weighted by atomic mass is 9.98. The zero-order valence-electron chi connectivity index (χ0n) is 20.1. The van der Waals surface area contributed by atoms with Gasteiger partial charge in [0.2, 0.25) is 0 Å². The third-order valence-electron chi connectivity index (χ3n) is 5.57. The second-order valence-corrected chi connectivity index (χ2v) is 8.35. The zero-order valence-corrected chi connectivity index (χ0v) is 20.1. The number of nitriles is 1. The normalized spacial score (nSPS) is 15.1. The summed E-state index contributed by atoms with van der Waals surface area (Å²) in [6, 6.07) is 13.2. The van der Waals surface area contributed by atoms with Crippen molar-refractivity contribution < 1.29 is 4.39 Å². The summed E-state index contributed by atoms with van der Waals surface area (Å²) in [6.07, 6.45) is 14.4. The molecule has 0 radical (unpaired) electrons. The highest BCUT2D eigenvalue weighted by Crippen LogP contribution is 2.26. The van der Waals surface area contributed by atoms with Crippen LogP contribution in [-0.2, 0) is 0 Å². The Bertz CT molecular complexity index is 1070. The molecule has 0 bridgehead atoms. The Morgan fingerprint density at radius 2 is 2.03 bits per heavy atom. The van der Waals surface area contributed by atoms with Crippen LogP contribution in [-0.4, -0.2) is 24.1 Å². The number of hydrogen-bond donors (Lipinski definition) is 2. The summed E-state index contributed by atoms with van der Waals surface area (Å²) in [7, 11) is 0. The van der Waals surface area contributed by atoms with E-state index in [9.17, 15) is 0 Å². The number of benzene rings is 1. The summed E-state index contributed by atoms with van der Waals surface area (Å²) in [5.41, 5.74) is 2.39. The van der Waals surface area contributed by atoms with E-state index in [1.165, 1.54) is 6.07 Å². The number of pyridine rings is 1. The molecule has 0 spiro atoms. The minimum absolute atomic E-state index is 0.0875. The Hall–Kier alpha value is -3.59. The molecule has 0 saturated heterocycles. The quantitative estimate of drug-likeness (QED) is 0.331. The lowest BCUT2D eigenvalue weighted by Gasteiger charge is -2.24. The predicted molar refractivity (Wildman–Crippen MR) is 140 cm³/mol. The van der Waals surface area contributed by atoms with Gasteiger partial charge in [-0.1, -0.05) is 55.9 Å². The van der Waals surface area contributed by atoms with Gasteiger partial charge in [-0.05, 0) is 56.0 Å². The maximum absolute atomic E-state index is 15.0. The number of anilines is 4. The van der Waals surface area contributed by atoms with Crippen LogP contribution in [0.2, 0.25) is 0 Å². The second kappa shape index (κ2) is 13.2. The number of aromatic nitrogens is 1. The van der Waals surface area contributed by atoms with Gasteiger partial charge in [-0.3, -0.25) is 0 Å². The van der Waals surface area contributed by atoms with E-state index in [2.05, 4.69) is 58.7 Å². The molecule has 34 heavy (non-hydrogen) atoms. The first-order valence-electron chi connectivity index (χ1n) is 12.1. The minimum Gasteiger partial charge on any atom is -0.369 e. The van der Waals surface area contributed by atoms with Crippen LogP contribution < -0.4 is 15.5 Å². The molecule has 1 atom stereocenters. The van der Waals surface area contributed by atoms with Gasteiger partial charge >= 0.3 is 0 Å². The minimum atomic E-state index is -0.239. The van der Waals surface area contributed by atoms with Crippen molar-refractivity contribution in [3.05, 3.63) is 78.2 Å². The van der Waals surface area contributed by atoms with Crippen molar-refractivity contribution in [2.75, 3.05) is 28.6 Å². The summed E-state index contributed by atoms with van der Waals surface area (Å²) in [4.78, 5) is 6.73. The van der Waals surface area contributed by atoms with E-state index >= 15 is 4.39 Å². The van der Waals surface area contributed by atoms with Crippen molar-refractivity contribution in [3.8, 4) is 6.07 Å². The van der Waals surface area contributed by atoms with E-state index in [-0.39, 0.29) is 11.9 Å². The molecule has 0 aliphatic heterocycles. The molecule has 178 valence electrons. The van der Waals surface area contributed by atoms with Crippen LogP contribution >= 0.6 is 0 Å². The van der Waals surface area contributed by atoms with E-state index in [1.807, 2.05) is 42.5 Å². The van der Waals surface area contributed by atoms with E-state index in [4.69, 9.17) is 5.26 Å². The fraction of sp³-hybridized carbons (Fsp3) is 0.357. The first-order chi connectivity index (χ1) is 16.6.